The predicted molar refractivity (Wildman–Crippen MR) is 81.3 cm³/mol. The Hall–Kier alpha value is -2.58. The van der Waals surface area contributed by atoms with Crippen molar-refractivity contribution in [3.05, 3.63) is 29.6 Å². The largest absolute Gasteiger partial charge is 0.459 e. The summed E-state index contributed by atoms with van der Waals surface area (Å²) < 4.78 is 43.2. The zero-order chi connectivity index (χ0) is 18.6. The second-order valence-corrected chi connectivity index (χ2v) is 5.48. The Morgan fingerprint density at radius 3 is 2.72 bits per heavy atom. The van der Waals surface area contributed by atoms with Crippen LogP contribution in [-0.2, 0) is 19.1 Å². The number of carbonyl (C=O) groups excluding carboxylic acids is 3. The summed E-state index contributed by atoms with van der Waals surface area (Å²) in [4.78, 5) is 36.6. The maximum atomic E-state index is 13.3. The number of hydrogen-bond donors (Lipinski definition) is 1. The Morgan fingerprint density at radius 2 is 2.08 bits per heavy atom. The average molecular weight is 358 g/mol. The number of nitrogens with zero attached hydrogens (tertiary/aromatic N) is 1. The topological polar surface area (TPSA) is 75.7 Å². The number of anilines is 1. The van der Waals surface area contributed by atoms with Crippen LogP contribution >= 0.6 is 0 Å². The third kappa shape index (κ3) is 4.49. The number of alkyl halides is 2. The van der Waals surface area contributed by atoms with Crippen LogP contribution in [0.4, 0.5) is 18.9 Å². The van der Waals surface area contributed by atoms with Crippen LogP contribution < -0.4 is 5.32 Å². The van der Waals surface area contributed by atoms with E-state index in [0.29, 0.717) is 6.42 Å². The molecular formula is C16H17F3N2O4. The molecule has 2 amide bonds. The molecule has 1 saturated heterocycles. The third-order valence-corrected chi connectivity index (χ3v) is 3.79. The number of nitrogens with one attached hydrogen (secondary N) is 1. The van der Waals surface area contributed by atoms with E-state index in [9.17, 15) is 27.6 Å². The molecular weight excluding hydrogens is 341 g/mol. The first-order valence-electron chi connectivity index (χ1n) is 7.68. The van der Waals surface area contributed by atoms with E-state index in [2.05, 4.69) is 10.1 Å². The van der Waals surface area contributed by atoms with Gasteiger partial charge in [0, 0.05) is 18.8 Å². The minimum Gasteiger partial charge on any atom is -0.459 e. The van der Waals surface area contributed by atoms with Gasteiger partial charge in [-0.05, 0) is 31.5 Å². The van der Waals surface area contributed by atoms with E-state index in [-0.39, 0.29) is 25.4 Å². The number of esters is 1. The Balaban J connectivity index is 1.97. The maximum absolute atomic E-state index is 13.3. The number of halogens is 3. The number of benzene rings is 1. The van der Waals surface area contributed by atoms with Crippen molar-refractivity contribution in [3.63, 3.8) is 0 Å². The highest BCUT2D eigenvalue weighted by molar-refractivity contribution is 6.32. The molecule has 0 radical (unpaired) electrons. The van der Waals surface area contributed by atoms with Gasteiger partial charge in [0.05, 0.1) is 18.1 Å². The molecule has 1 aliphatic heterocycles. The number of carbonyl (C=O) groups is 3. The van der Waals surface area contributed by atoms with Gasteiger partial charge in [0.15, 0.2) is 0 Å². The van der Waals surface area contributed by atoms with E-state index in [1.165, 1.54) is 11.0 Å². The summed E-state index contributed by atoms with van der Waals surface area (Å²) in [6.45, 7) is 1.87. The first kappa shape index (κ1) is 18.8. The molecule has 9 heteroatoms. The Bertz CT molecular complexity index is 681. The summed E-state index contributed by atoms with van der Waals surface area (Å²) >= 11 is 0. The predicted octanol–water partition coefficient (Wildman–Crippen LogP) is 2.11. The smallest absolute Gasteiger partial charge is 0.397 e. The van der Waals surface area contributed by atoms with E-state index >= 15 is 0 Å². The van der Waals surface area contributed by atoms with Crippen LogP contribution in [0.2, 0.25) is 0 Å². The van der Waals surface area contributed by atoms with Gasteiger partial charge in [-0.15, -0.1) is 0 Å². The Morgan fingerprint density at radius 1 is 1.36 bits per heavy atom. The molecule has 1 aromatic rings. The van der Waals surface area contributed by atoms with E-state index in [4.69, 9.17) is 0 Å². The van der Waals surface area contributed by atoms with Gasteiger partial charge in [0.1, 0.15) is 5.82 Å². The molecule has 136 valence electrons. The lowest BCUT2D eigenvalue weighted by molar-refractivity contribution is -0.159. The first-order valence-corrected chi connectivity index (χ1v) is 7.68. The second kappa shape index (κ2) is 8.00. The fourth-order valence-electron chi connectivity index (χ4n) is 2.51. The van der Waals surface area contributed by atoms with Crippen LogP contribution in [0.3, 0.4) is 0 Å². The maximum Gasteiger partial charge on any atom is 0.397 e. The lowest BCUT2D eigenvalue weighted by atomic mass is 10.1. The summed E-state index contributed by atoms with van der Waals surface area (Å²) in [5, 5.41) is 2.43. The lowest BCUT2D eigenvalue weighted by Crippen LogP contribution is -2.37. The molecule has 0 unspecified atom stereocenters. The molecule has 0 bridgehead atoms. The summed E-state index contributed by atoms with van der Waals surface area (Å²) in [5.41, 5.74) is -0.764. The molecule has 1 aromatic carbocycles. The molecule has 1 N–H and O–H groups in total. The normalized spacial score (nSPS) is 16.8. The summed E-state index contributed by atoms with van der Waals surface area (Å²) in [5.74, 6) is -3.95. The number of ether oxygens (including phenoxy) is 1. The molecule has 0 aliphatic carbocycles. The summed E-state index contributed by atoms with van der Waals surface area (Å²) in [6.07, 6.45) is -2.68. The third-order valence-electron chi connectivity index (χ3n) is 3.79. The molecule has 6 nitrogen and oxygen atoms in total. The molecule has 1 heterocycles. The molecule has 0 saturated carbocycles. The zero-order valence-corrected chi connectivity index (χ0v) is 13.4. The van der Waals surface area contributed by atoms with Crippen LogP contribution in [0.1, 0.15) is 25.3 Å². The number of hydrogen-bond acceptors (Lipinski definition) is 4. The number of rotatable bonds is 4. The highest BCUT2D eigenvalue weighted by Crippen LogP contribution is 2.26. The van der Waals surface area contributed by atoms with Gasteiger partial charge < -0.3 is 15.0 Å². The molecule has 1 atom stereocenters. The highest BCUT2D eigenvalue weighted by atomic mass is 19.3. The molecule has 2 rings (SSSR count). The number of amides is 2. The van der Waals surface area contributed by atoms with Gasteiger partial charge in [-0.3, -0.25) is 9.59 Å². The van der Waals surface area contributed by atoms with E-state index in [1.54, 1.807) is 6.92 Å². The molecule has 1 fully saturated rings. The fraction of sp³-hybridized carbons (Fsp3) is 0.438. The van der Waals surface area contributed by atoms with E-state index in [0.717, 1.165) is 12.1 Å². The Labute approximate surface area is 141 Å². The lowest BCUT2D eigenvalue weighted by Gasteiger charge is -2.15. The minimum absolute atomic E-state index is 0.0202. The summed E-state index contributed by atoms with van der Waals surface area (Å²) in [6, 6.07) is 2.90. The average Bonchev–Trinajstić information content (AvgIpc) is 3.06. The molecule has 0 aromatic heterocycles. The quantitative estimate of drug-likeness (QED) is 0.661. The molecule has 25 heavy (non-hydrogen) atoms. The van der Waals surface area contributed by atoms with Crippen molar-refractivity contribution in [1.82, 2.24) is 4.90 Å². The SMILES string of the molecule is CCOC(=O)C(=O)N1CC[C@H](C(=O)Nc2ccc(F)c(C(F)F)c2)C1. The van der Waals surface area contributed by atoms with Gasteiger partial charge >= 0.3 is 11.9 Å². The van der Waals surface area contributed by atoms with Crippen molar-refractivity contribution in [2.45, 2.75) is 19.8 Å². The van der Waals surface area contributed by atoms with Crippen molar-refractivity contribution in [3.8, 4) is 0 Å². The molecule has 0 spiro atoms. The number of likely N-dealkylation sites (tertiary alicyclic amines) is 1. The van der Waals surface area contributed by atoms with Crippen molar-refractivity contribution in [2.75, 3.05) is 25.0 Å². The molecule has 1 aliphatic rings. The summed E-state index contributed by atoms with van der Waals surface area (Å²) in [7, 11) is 0. The Kier molecular flexibility index (Phi) is 6.00. The van der Waals surface area contributed by atoms with Crippen LogP contribution in [0.15, 0.2) is 18.2 Å². The monoisotopic (exact) mass is 358 g/mol. The van der Waals surface area contributed by atoms with Gasteiger partial charge in [0.2, 0.25) is 5.91 Å². The van der Waals surface area contributed by atoms with Crippen molar-refractivity contribution in [1.29, 1.82) is 0 Å². The van der Waals surface area contributed by atoms with Crippen LogP contribution in [0.25, 0.3) is 0 Å². The van der Waals surface area contributed by atoms with Crippen molar-refractivity contribution in [2.24, 2.45) is 5.92 Å². The zero-order valence-electron chi connectivity index (χ0n) is 13.4. The van der Waals surface area contributed by atoms with E-state index < -0.39 is 41.5 Å². The minimum atomic E-state index is -3.00. The van der Waals surface area contributed by atoms with Gasteiger partial charge in [0.25, 0.3) is 6.43 Å². The van der Waals surface area contributed by atoms with Crippen LogP contribution in [-0.4, -0.2) is 42.4 Å². The van der Waals surface area contributed by atoms with Gasteiger partial charge in [-0.2, -0.15) is 0 Å². The van der Waals surface area contributed by atoms with E-state index in [1.807, 2.05) is 0 Å². The second-order valence-electron chi connectivity index (χ2n) is 5.48. The van der Waals surface area contributed by atoms with Crippen molar-refractivity contribution >= 4 is 23.5 Å². The van der Waals surface area contributed by atoms with Crippen LogP contribution in [0, 0.1) is 11.7 Å². The highest BCUT2D eigenvalue weighted by Gasteiger charge is 2.34. The van der Waals surface area contributed by atoms with Gasteiger partial charge in [-0.1, -0.05) is 0 Å². The van der Waals surface area contributed by atoms with Crippen LogP contribution in [0.5, 0.6) is 0 Å². The fourth-order valence-corrected chi connectivity index (χ4v) is 2.51. The van der Waals surface area contributed by atoms with Gasteiger partial charge in [-0.25, -0.2) is 18.0 Å². The first-order chi connectivity index (χ1) is 11.8. The standard InChI is InChI=1S/C16H17F3N2O4/c1-2-25-16(24)15(23)21-6-5-9(8-21)14(22)20-10-3-4-12(17)11(7-10)13(18)19/h3-4,7,9,13H,2,5-6,8H2,1H3,(H,20,22)/t9-/m0/s1. The van der Waals surface area contributed by atoms with Crippen molar-refractivity contribution < 1.29 is 32.3 Å².